The molecule has 6 heteroatoms. The maximum absolute atomic E-state index is 12.6. The zero-order valence-electron chi connectivity index (χ0n) is 9.64. The van der Waals surface area contributed by atoms with Crippen molar-refractivity contribution in [2.24, 2.45) is 0 Å². The van der Waals surface area contributed by atoms with Crippen molar-refractivity contribution < 1.29 is 18.0 Å². The Labute approximate surface area is 102 Å². The van der Waals surface area contributed by atoms with Crippen LogP contribution < -0.4 is 10.2 Å². The molecular weight excluding hydrogens is 245 g/mol. The van der Waals surface area contributed by atoms with Crippen LogP contribution >= 0.6 is 0 Å². The fraction of sp³-hybridized carbons (Fsp3) is 0.417. The highest BCUT2D eigenvalue weighted by Gasteiger charge is 2.56. The maximum Gasteiger partial charge on any atom is 0.416 e. The van der Waals surface area contributed by atoms with E-state index in [0.29, 0.717) is 5.69 Å². The molecule has 1 fully saturated rings. The van der Waals surface area contributed by atoms with Crippen molar-refractivity contribution in [3.63, 3.8) is 0 Å². The largest absolute Gasteiger partial charge is 0.416 e. The van der Waals surface area contributed by atoms with Crippen molar-refractivity contribution in [1.29, 1.82) is 0 Å². The van der Waals surface area contributed by atoms with Crippen LogP contribution in [0.2, 0.25) is 0 Å². The van der Waals surface area contributed by atoms with Gasteiger partial charge >= 0.3 is 6.18 Å². The number of amides is 1. The molecule has 1 heterocycles. The highest BCUT2D eigenvalue weighted by Crippen LogP contribution is 2.49. The van der Waals surface area contributed by atoms with Crippen molar-refractivity contribution in [3.05, 3.63) is 23.8 Å². The number of alkyl halides is 3. The molecular formula is C12H11F3N2O. The molecule has 0 aromatic heterocycles. The molecule has 0 radical (unpaired) electrons. The van der Waals surface area contributed by atoms with Gasteiger partial charge in [0.1, 0.15) is 5.54 Å². The van der Waals surface area contributed by atoms with Crippen molar-refractivity contribution in [2.75, 3.05) is 17.3 Å². The summed E-state index contributed by atoms with van der Waals surface area (Å²) in [6.07, 6.45) is -2.90. The first-order valence-electron chi connectivity index (χ1n) is 5.61. The summed E-state index contributed by atoms with van der Waals surface area (Å²) in [6.45, 7) is 0. The molecule has 96 valence electrons. The number of hydrogen-bond donors (Lipinski definition) is 1. The number of rotatable bonds is 0. The van der Waals surface area contributed by atoms with Crippen LogP contribution in [-0.4, -0.2) is 18.5 Å². The number of hydrogen-bond acceptors (Lipinski definition) is 2. The highest BCUT2D eigenvalue weighted by atomic mass is 19.4. The maximum atomic E-state index is 12.6. The van der Waals surface area contributed by atoms with E-state index in [1.807, 2.05) is 0 Å². The number of nitrogens with zero attached hydrogens (tertiary/aromatic N) is 1. The Morgan fingerprint density at radius 3 is 2.56 bits per heavy atom. The van der Waals surface area contributed by atoms with E-state index in [2.05, 4.69) is 5.32 Å². The molecule has 1 N–H and O–H groups in total. The zero-order chi connectivity index (χ0) is 13.1. The number of anilines is 2. The second-order valence-electron chi connectivity index (χ2n) is 4.77. The lowest BCUT2D eigenvalue weighted by atomic mass is 10.1. The highest BCUT2D eigenvalue weighted by molar-refractivity contribution is 6.08. The average Bonchev–Trinajstić information content (AvgIpc) is 3.06. The van der Waals surface area contributed by atoms with Crippen LogP contribution in [0.25, 0.3) is 0 Å². The molecule has 1 aromatic rings. The number of nitrogens with one attached hydrogen (secondary N) is 1. The summed E-state index contributed by atoms with van der Waals surface area (Å²) in [5.41, 5.74) is -0.413. The predicted octanol–water partition coefficient (Wildman–Crippen LogP) is 2.63. The van der Waals surface area contributed by atoms with Crippen molar-refractivity contribution >= 4 is 17.3 Å². The Kier molecular flexibility index (Phi) is 2.01. The van der Waals surface area contributed by atoms with E-state index < -0.39 is 17.3 Å². The van der Waals surface area contributed by atoms with Crippen LogP contribution in [0.15, 0.2) is 18.2 Å². The van der Waals surface area contributed by atoms with Gasteiger partial charge in [0.05, 0.1) is 16.9 Å². The fourth-order valence-corrected chi connectivity index (χ4v) is 2.41. The molecule has 18 heavy (non-hydrogen) atoms. The lowest BCUT2D eigenvalue weighted by Crippen LogP contribution is -2.48. The molecule has 1 aliphatic heterocycles. The molecule has 3 nitrogen and oxygen atoms in total. The number of carbonyl (C=O) groups is 1. The van der Waals surface area contributed by atoms with E-state index in [1.54, 1.807) is 11.9 Å². The van der Waals surface area contributed by atoms with Gasteiger partial charge in [0.15, 0.2) is 0 Å². The summed E-state index contributed by atoms with van der Waals surface area (Å²) in [6, 6.07) is 3.44. The predicted molar refractivity (Wildman–Crippen MR) is 60.4 cm³/mol. The third-order valence-electron chi connectivity index (χ3n) is 3.72. The topological polar surface area (TPSA) is 32.3 Å². The van der Waals surface area contributed by atoms with Gasteiger partial charge in [-0.15, -0.1) is 0 Å². The average molecular weight is 256 g/mol. The number of carbonyl (C=O) groups excluding carboxylic acids is 1. The summed E-state index contributed by atoms with van der Waals surface area (Å²) in [5.74, 6) is -0.211. The quantitative estimate of drug-likeness (QED) is 0.774. The van der Waals surface area contributed by atoms with Gasteiger partial charge in [-0.2, -0.15) is 13.2 Å². The SMILES string of the molecule is CN1c2ccc(C(F)(F)F)cc2NC(=O)C12CC2. The van der Waals surface area contributed by atoms with Crippen molar-refractivity contribution in [3.8, 4) is 0 Å². The van der Waals surface area contributed by atoms with Gasteiger partial charge in [0.25, 0.3) is 0 Å². The monoisotopic (exact) mass is 256 g/mol. The van der Waals surface area contributed by atoms with E-state index in [0.717, 1.165) is 25.0 Å². The summed E-state index contributed by atoms with van der Waals surface area (Å²) in [5, 5.41) is 2.57. The van der Waals surface area contributed by atoms with Crippen LogP contribution in [0.1, 0.15) is 18.4 Å². The first-order valence-corrected chi connectivity index (χ1v) is 5.61. The molecule has 2 aliphatic rings. The molecule has 1 spiro atoms. The zero-order valence-corrected chi connectivity index (χ0v) is 9.64. The molecule has 1 aliphatic carbocycles. The Morgan fingerprint density at radius 1 is 1.33 bits per heavy atom. The third-order valence-corrected chi connectivity index (χ3v) is 3.72. The minimum atomic E-state index is -4.40. The molecule has 0 unspecified atom stereocenters. The van der Waals surface area contributed by atoms with Gasteiger partial charge in [-0.1, -0.05) is 0 Å². The second kappa shape index (κ2) is 3.18. The molecule has 0 atom stereocenters. The van der Waals surface area contributed by atoms with Gasteiger partial charge in [0, 0.05) is 7.05 Å². The van der Waals surface area contributed by atoms with Gasteiger partial charge in [0.2, 0.25) is 5.91 Å². The van der Waals surface area contributed by atoms with Crippen molar-refractivity contribution in [2.45, 2.75) is 24.6 Å². The first kappa shape index (κ1) is 11.4. The van der Waals surface area contributed by atoms with E-state index in [-0.39, 0.29) is 11.6 Å². The summed E-state index contributed by atoms with van der Waals surface area (Å²) in [4.78, 5) is 13.7. The van der Waals surface area contributed by atoms with Crippen LogP contribution in [0, 0.1) is 0 Å². The summed E-state index contributed by atoms with van der Waals surface area (Å²) < 4.78 is 37.8. The van der Waals surface area contributed by atoms with E-state index in [1.165, 1.54) is 6.07 Å². The molecule has 1 aromatic carbocycles. The Morgan fingerprint density at radius 2 is 2.00 bits per heavy atom. The fourth-order valence-electron chi connectivity index (χ4n) is 2.41. The minimum absolute atomic E-state index is 0.211. The lowest BCUT2D eigenvalue weighted by Gasteiger charge is -2.35. The van der Waals surface area contributed by atoms with Crippen LogP contribution in [0.5, 0.6) is 0 Å². The first-order chi connectivity index (χ1) is 8.34. The molecule has 3 rings (SSSR count). The van der Waals surface area contributed by atoms with Crippen molar-refractivity contribution in [1.82, 2.24) is 0 Å². The van der Waals surface area contributed by atoms with Crippen LogP contribution in [0.3, 0.4) is 0 Å². The smallest absolute Gasteiger partial charge is 0.358 e. The van der Waals surface area contributed by atoms with Gasteiger partial charge in [-0.05, 0) is 31.0 Å². The Bertz CT molecular complexity index is 535. The van der Waals surface area contributed by atoms with E-state index >= 15 is 0 Å². The van der Waals surface area contributed by atoms with E-state index in [9.17, 15) is 18.0 Å². The summed E-state index contributed by atoms with van der Waals surface area (Å²) in [7, 11) is 1.75. The standard InChI is InChI=1S/C12H11F3N2O/c1-17-9-3-2-7(12(13,14)15)6-8(9)16-10(18)11(17)4-5-11/h2-3,6H,4-5H2,1H3,(H,16,18). The van der Waals surface area contributed by atoms with Crippen LogP contribution in [0.4, 0.5) is 24.5 Å². The van der Waals surface area contributed by atoms with Crippen LogP contribution in [-0.2, 0) is 11.0 Å². The Balaban J connectivity index is 2.07. The number of halogens is 3. The second-order valence-corrected chi connectivity index (χ2v) is 4.77. The molecule has 0 bridgehead atoms. The normalized spacial score (nSPS) is 20.7. The number of likely N-dealkylation sites (N-methyl/N-ethyl adjacent to an activating group) is 1. The van der Waals surface area contributed by atoms with Gasteiger partial charge in [-0.25, -0.2) is 0 Å². The van der Waals surface area contributed by atoms with Gasteiger partial charge < -0.3 is 10.2 Å². The number of benzene rings is 1. The lowest BCUT2D eigenvalue weighted by molar-refractivity contribution is -0.137. The molecule has 1 saturated carbocycles. The van der Waals surface area contributed by atoms with Gasteiger partial charge in [-0.3, -0.25) is 4.79 Å². The molecule has 1 amide bonds. The van der Waals surface area contributed by atoms with E-state index in [4.69, 9.17) is 0 Å². The number of fused-ring (bicyclic) bond motifs is 1. The molecule has 0 saturated heterocycles. The minimum Gasteiger partial charge on any atom is -0.358 e. The summed E-state index contributed by atoms with van der Waals surface area (Å²) >= 11 is 0. The third kappa shape index (κ3) is 1.41. The Hall–Kier alpha value is -1.72.